The summed E-state index contributed by atoms with van der Waals surface area (Å²) in [6, 6.07) is 25.4. The number of hydrazine groups is 1. The van der Waals surface area contributed by atoms with E-state index in [0.29, 0.717) is 0 Å². The van der Waals surface area contributed by atoms with Gasteiger partial charge in [-0.2, -0.15) is 5.43 Å². The maximum Gasteiger partial charge on any atom is 0.218 e. The van der Waals surface area contributed by atoms with E-state index in [1.807, 2.05) is 20.9 Å². The van der Waals surface area contributed by atoms with Gasteiger partial charge in [0.2, 0.25) is 6.29 Å². The first kappa shape index (κ1) is 29.0. The lowest BCUT2D eigenvalue weighted by molar-refractivity contribution is -0.910. The fraction of sp³-hybridized carbons (Fsp3) is 0.379. The van der Waals surface area contributed by atoms with E-state index < -0.39 is 0 Å². The van der Waals surface area contributed by atoms with Crippen molar-refractivity contribution in [3.05, 3.63) is 83.9 Å². The zero-order valence-electron chi connectivity index (χ0n) is 23.3. The molecular weight excluding hydrogens is 446 g/mol. The molecule has 0 heterocycles. The van der Waals surface area contributed by atoms with Crippen LogP contribution in [0.1, 0.15) is 25.0 Å². The summed E-state index contributed by atoms with van der Waals surface area (Å²) < 4.78 is 0.776. The van der Waals surface area contributed by atoms with Crippen LogP contribution in [0.25, 0.3) is 0 Å². The molecule has 3 aromatic carbocycles. The molecule has 0 saturated heterocycles. The van der Waals surface area contributed by atoms with Crippen LogP contribution in [-0.2, 0) is 13.1 Å². The Labute approximate surface area is 218 Å². The topological polar surface area (TPSA) is 63.4 Å². The van der Waals surface area contributed by atoms with Gasteiger partial charge in [0.15, 0.2) is 0 Å². The largest absolute Gasteiger partial charge is 0.388 e. The van der Waals surface area contributed by atoms with Gasteiger partial charge in [-0.3, -0.25) is 0 Å². The minimum absolute atomic E-state index is 0.148. The van der Waals surface area contributed by atoms with Crippen LogP contribution < -0.4 is 26.8 Å². The zero-order valence-corrected chi connectivity index (χ0v) is 23.3. The molecule has 36 heavy (non-hydrogen) atoms. The number of anilines is 4. The van der Waals surface area contributed by atoms with Crippen molar-refractivity contribution in [3.8, 4) is 0 Å². The van der Waals surface area contributed by atoms with Crippen molar-refractivity contribution in [3.63, 3.8) is 0 Å². The Morgan fingerprint density at radius 3 is 1.39 bits per heavy atom. The van der Waals surface area contributed by atoms with Gasteiger partial charge in [0.25, 0.3) is 0 Å². The summed E-state index contributed by atoms with van der Waals surface area (Å²) in [4.78, 5) is 2.16. The monoisotopic (exact) mass is 492 g/mol. The molecule has 3 rings (SSSR count). The van der Waals surface area contributed by atoms with Gasteiger partial charge >= 0.3 is 0 Å². The van der Waals surface area contributed by atoms with Crippen LogP contribution in [0.4, 0.5) is 22.7 Å². The molecule has 3 aromatic rings. The molecule has 7 nitrogen and oxygen atoms in total. The van der Waals surface area contributed by atoms with Gasteiger partial charge < -0.3 is 25.9 Å². The van der Waals surface area contributed by atoms with Crippen molar-refractivity contribution in [1.82, 2.24) is 10.3 Å². The number of hydrogen-bond donors (Lipinski definition) is 5. The first-order chi connectivity index (χ1) is 17.2. The Balaban J connectivity index is 0.00000222. The van der Waals surface area contributed by atoms with Gasteiger partial charge in [-0.25, -0.2) is 4.90 Å². The molecule has 196 valence electrons. The van der Waals surface area contributed by atoms with E-state index in [1.54, 1.807) is 0 Å². The summed E-state index contributed by atoms with van der Waals surface area (Å²) in [5.74, 6) is 0. The lowest BCUT2D eigenvalue weighted by atomic mass is 10.1. The summed E-state index contributed by atoms with van der Waals surface area (Å²) in [5.41, 5.74) is 13.6. The van der Waals surface area contributed by atoms with Crippen molar-refractivity contribution < 1.29 is 4.48 Å². The summed E-state index contributed by atoms with van der Waals surface area (Å²) >= 11 is 0. The smallest absolute Gasteiger partial charge is 0.218 e. The minimum atomic E-state index is 0.148. The van der Waals surface area contributed by atoms with Crippen LogP contribution in [0, 0.1) is 0 Å². The fourth-order valence-corrected chi connectivity index (χ4v) is 3.77. The van der Waals surface area contributed by atoms with Crippen LogP contribution >= 0.6 is 0 Å². The molecule has 0 fully saturated rings. The van der Waals surface area contributed by atoms with E-state index >= 15 is 0 Å². The van der Waals surface area contributed by atoms with E-state index in [4.69, 9.17) is 0 Å². The van der Waals surface area contributed by atoms with E-state index in [1.165, 1.54) is 11.1 Å². The number of hydrogen-bond acceptors (Lipinski definition) is 6. The van der Waals surface area contributed by atoms with Gasteiger partial charge in [0.1, 0.15) is 0 Å². The van der Waals surface area contributed by atoms with Crippen molar-refractivity contribution in [2.24, 2.45) is 0 Å². The molecule has 1 atom stereocenters. The molecule has 0 saturated carbocycles. The molecule has 0 aromatic heterocycles. The summed E-state index contributed by atoms with van der Waals surface area (Å²) in [6.45, 7) is 5.59. The zero-order chi connectivity index (χ0) is 26.6. The van der Waals surface area contributed by atoms with Gasteiger partial charge in [-0.05, 0) is 73.8 Å². The van der Waals surface area contributed by atoms with Crippen LogP contribution in [0.3, 0.4) is 0 Å². The second-order valence-electron chi connectivity index (χ2n) is 9.65. The van der Waals surface area contributed by atoms with E-state index in [9.17, 15) is 0 Å². The summed E-state index contributed by atoms with van der Waals surface area (Å²) in [7, 11) is 12.6. The van der Waals surface area contributed by atoms with Gasteiger partial charge in [0, 0.05) is 42.9 Å². The van der Waals surface area contributed by atoms with Crippen LogP contribution in [0.5, 0.6) is 0 Å². The summed E-state index contributed by atoms with van der Waals surface area (Å²) in [6.07, 6.45) is 0.148. The molecule has 0 amide bonds. The maximum atomic E-state index is 3.50. The molecular formula is C29H46N7+. The maximum absolute atomic E-state index is 3.50. The highest BCUT2D eigenvalue weighted by Gasteiger charge is 2.25. The molecule has 0 aliphatic carbocycles. The van der Waals surface area contributed by atoms with E-state index in [2.05, 4.69) is 140 Å². The third-order valence-corrected chi connectivity index (χ3v) is 5.64. The van der Waals surface area contributed by atoms with Gasteiger partial charge in [0.05, 0.1) is 21.1 Å². The number of benzene rings is 3. The van der Waals surface area contributed by atoms with E-state index in [-0.39, 0.29) is 6.29 Å². The average molecular weight is 493 g/mol. The van der Waals surface area contributed by atoms with Crippen LogP contribution in [-0.4, -0.2) is 58.0 Å². The molecule has 0 spiro atoms. The second kappa shape index (κ2) is 14.3. The first-order valence-corrected chi connectivity index (χ1v) is 12.7. The van der Waals surface area contributed by atoms with Crippen LogP contribution in [0.2, 0.25) is 0 Å². The SMILES string of the molecule is CC.CNc1ccc(NCc2ccc(CNc3ccc(NNC(N(C)C)[N+](C)(C)C)cc3)cc2)cc1. The van der Waals surface area contributed by atoms with Crippen molar-refractivity contribution in [2.45, 2.75) is 33.2 Å². The third-order valence-electron chi connectivity index (χ3n) is 5.64. The lowest BCUT2D eigenvalue weighted by Crippen LogP contribution is -2.61. The highest BCUT2D eigenvalue weighted by molar-refractivity contribution is 5.54. The number of rotatable bonds is 12. The summed E-state index contributed by atoms with van der Waals surface area (Å²) in [5, 5.41) is 10.1. The lowest BCUT2D eigenvalue weighted by Gasteiger charge is -2.38. The number of nitrogens with one attached hydrogen (secondary N) is 5. The molecule has 0 aliphatic rings. The van der Waals surface area contributed by atoms with Crippen molar-refractivity contribution in [2.75, 3.05) is 63.7 Å². The second-order valence-corrected chi connectivity index (χ2v) is 9.65. The normalized spacial score (nSPS) is 11.8. The van der Waals surface area contributed by atoms with Crippen molar-refractivity contribution >= 4 is 22.7 Å². The standard InChI is InChI=1S/C27H40N7.C2H6/c1-28-23-11-13-24(14-12-23)29-19-21-7-9-22(10-8-21)20-30-25-15-17-26(18-16-25)31-32-27(33(2)3)34(4,5)6;1-2/h7-18,27-32H,19-20H2,1-6H3;1-2H3/q+1;. The number of quaternary nitrogens is 1. The number of nitrogens with zero attached hydrogens (tertiary/aromatic N) is 2. The fourth-order valence-electron chi connectivity index (χ4n) is 3.77. The van der Waals surface area contributed by atoms with Crippen LogP contribution in [0.15, 0.2) is 72.8 Å². The predicted molar refractivity (Wildman–Crippen MR) is 157 cm³/mol. The Bertz CT molecular complexity index is 992. The van der Waals surface area contributed by atoms with E-state index in [0.717, 1.165) is 40.3 Å². The first-order valence-electron chi connectivity index (χ1n) is 12.7. The quantitative estimate of drug-likeness (QED) is 0.132. The molecule has 0 bridgehead atoms. The van der Waals surface area contributed by atoms with Gasteiger partial charge in [-0.1, -0.05) is 38.1 Å². The average Bonchev–Trinajstić information content (AvgIpc) is 2.88. The molecule has 0 radical (unpaired) electrons. The predicted octanol–water partition coefficient (Wildman–Crippen LogP) is 5.45. The molecule has 5 N–H and O–H groups in total. The Morgan fingerprint density at radius 1 is 0.639 bits per heavy atom. The Morgan fingerprint density at radius 2 is 1.03 bits per heavy atom. The molecule has 7 heteroatoms. The third kappa shape index (κ3) is 9.41. The highest BCUT2D eigenvalue weighted by Crippen LogP contribution is 2.16. The molecule has 1 unspecified atom stereocenters. The molecule has 0 aliphatic heterocycles. The minimum Gasteiger partial charge on any atom is -0.388 e. The Kier molecular flexibility index (Phi) is 11.5. The Hall–Kier alpha value is -3.26. The van der Waals surface area contributed by atoms with Gasteiger partial charge in [-0.15, -0.1) is 0 Å². The van der Waals surface area contributed by atoms with Crippen molar-refractivity contribution in [1.29, 1.82) is 0 Å². The highest BCUT2D eigenvalue weighted by atomic mass is 15.6.